The molecule has 94 valence electrons. The summed E-state index contributed by atoms with van der Waals surface area (Å²) >= 11 is 3.35. The van der Waals surface area contributed by atoms with E-state index in [9.17, 15) is 10.1 Å². The van der Waals surface area contributed by atoms with Crippen LogP contribution in [0.3, 0.4) is 0 Å². The maximum Gasteiger partial charge on any atom is 0.271 e. The number of nitro groups is 1. The molecule has 5 nitrogen and oxygen atoms in total. The maximum absolute atomic E-state index is 10.7. The van der Waals surface area contributed by atoms with E-state index < -0.39 is 4.92 Å². The molecule has 0 amide bonds. The minimum absolute atomic E-state index is 0.0150. The molecule has 0 spiro atoms. The van der Waals surface area contributed by atoms with Gasteiger partial charge in [0.2, 0.25) is 0 Å². The van der Waals surface area contributed by atoms with Crippen LogP contribution < -0.4 is 5.32 Å². The first-order valence-electron chi connectivity index (χ1n) is 5.19. The van der Waals surface area contributed by atoms with Crippen LogP contribution in [0, 0.1) is 10.1 Å². The summed E-state index contributed by atoms with van der Waals surface area (Å²) in [6.45, 7) is 3.89. The molecule has 0 heterocycles. The van der Waals surface area contributed by atoms with Gasteiger partial charge < -0.3 is 10.1 Å². The average Bonchev–Trinajstić information content (AvgIpc) is 2.30. The number of nitrogens with zero attached hydrogens (tertiary/aromatic N) is 1. The number of nitro benzene ring substituents is 1. The van der Waals surface area contributed by atoms with E-state index in [1.165, 1.54) is 12.1 Å². The molecule has 0 saturated heterocycles. The Morgan fingerprint density at radius 2 is 2.12 bits per heavy atom. The Balaban J connectivity index is 2.89. The Labute approximate surface area is 108 Å². The topological polar surface area (TPSA) is 64.4 Å². The smallest absolute Gasteiger partial charge is 0.271 e. The first kappa shape index (κ1) is 13.9. The van der Waals surface area contributed by atoms with E-state index in [0.717, 1.165) is 4.47 Å². The average molecular weight is 303 g/mol. The largest absolute Gasteiger partial charge is 0.380 e. The summed E-state index contributed by atoms with van der Waals surface area (Å²) in [5, 5.41) is 13.9. The Bertz CT molecular complexity index is 412. The summed E-state index contributed by atoms with van der Waals surface area (Å²) in [5.41, 5.74) is 0.753. The van der Waals surface area contributed by atoms with Crippen LogP contribution in [0.5, 0.6) is 0 Å². The highest BCUT2D eigenvalue weighted by Crippen LogP contribution is 2.28. The highest BCUT2D eigenvalue weighted by Gasteiger charge is 2.14. The van der Waals surface area contributed by atoms with E-state index in [0.29, 0.717) is 5.69 Å². The van der Waals surface area contributed by atoms with Gasteiger partial charge in [0.05, 0.1) is 16.7 Å². The lowest BCUT2D eigenvalue weighted by Crippen LogP contribution is -2.29. The van der Waals surface area contributed by atoms with Crippen LogP contribution in [0.2, 0.25) is 0 Å². The molecule has 2 atom stereocenters. The number of rotatable bonds is 5. The van der Waals surface area contributed by atoms with Crippen LogP contribution in [0.15, 0.2) is 22.7 Å². The van der Waals surface area contributed by atoms with Crippen molar-refractivity contribution in [3.8, 4) is 0 Å². The molecule has 0 saturated carbocycles. The van der Waals surface area contributed by atoms with Gasteiger partial charge in [-0.25, -0.2) is 0 Å². The zero-order valence-electron chi connectivity index (χ0n) is 9.94. The summed E-state index contributed by atoms with van der Waals surface area (Å²) in [6, 6.07) is 4.67. The molecule has 2 unspecified atom stereocenters. The fraction of sp³-hybridized carbons (Fsp3) is 0.455. The number of hydrogen-bond donors (Lipinski definition) is 1. The van der Waals surface area contributed by atoms with Gasteiger partial charge in [-0.15, -0.1) is 0 Å². The van der Waals surface area contributed by atoms with Crippen molar-refractivity contribution in [3.05, 3.63) is 32.8 Å². The number of methoxy groups -OCH3 is 1. The maximum atomic E-state index is 10.7. The molecule has 0 aromatic heterocycles. The summed E-state index contributed by atoms with van der Waals surface area (Å²) in [7, 11) is 1.63. The van der Waals surface area contributed by atoms with Crippen molar-refractivity contribution in [2.45, 2.75) is 26.0 Å². The minimum Gasteiger partial charge on any atom is -0.380 e. The molecule has 0 aliphatic carbocycles. The fourth-order valence-electron chi connectivity index (χ4n) is 1.30. The molecule has 0 aliphatic heterocycles. The highest BCUT2D eigenvalue weighted by atomic mass is 79.9. The van der Waals surface area contributed by atoms with E-state index in [4.69, 9.17) is 4.74 Å². The van der Waals surface area contributed by atoms with Crippen molar-refractivity contribution in [1.82, 2.24) is 0 Å². The number of anilines is 1. The summed E-state index contributed by atoms with van der Waals surface area (Å²) in [6.07, 6.45) is 0.0150. The van der Waals surface area contributed by atoms with Crippen LogP contribution in [0.1, 0.15) is 13.8 Å². The Morgan fingerprint density at radius 3 is 2.65 bits per heavy atom. The molecular formula is C11H15BrN2O3. The molecule has 0 fully saturated rings. The van der Waals surface area contributed by atoms with E-state index in [1.54, 1.807) is 13.2 Å². The van der Waals surface area contributed by atoms with E-state index >= 15 is 0 Å². The van der Waals surface area contributed by atoms with Crippen LogP contribution >= 0.6 is 15.9 Å². The van der Waals surface area contributed by atoms with Gasteiger partial charge in [-0.2, -0.15) is 0 Å². The number of benzene rings is 1. The van der Waals surface area contributed by atoms with Gasteiger partial charge in [0, 0.05) is 29.8 Å². The van der Waals surface area contributed by atoms with Gasteiger partial charge in [0.15, 0.2) is 0 Å². The first-order chi connectivity index (χ1) is 7.95. The number of halogens is 1. The predicted molar refractivity (Wildman–Crippen MR) is 70.4 cm³/mol. The second-order valence-electron chi connectivity index (χ2n) is 3.80. The number of non-ortho nitro benzene ring substituents is 1. The monoisotopic (exact) mass is 302 g/mol. The molecule has 1 aromatic rings. The quantitative estimate of drug-likeness (QED) is 0.670. The lowest BCUT2D eigenvalue weighted by molar-refractivity contribution is -0.384. The molecule has 1 aromatic carbocycles. The first-order valence-corrected chi connectivity index (χ1v) is 5.98. The molecule has 1 N–H and O–H groups in total. The second-order valence-corrected chi connectivity index (χ2v) is 4.65. The fourth-order valence-corrected chi connectivity index (χ4v) is 1.67. The van der Waals surface area contributed by atoms with Crippen LogP contribution in [0.25, 0.3) is 0 Å². The van der Waals surface area contributed by atoms with Crippen molar-refractivity contribution in [2.24, 2.45) is 0 Å². The summed E-state index contributed by atoms with van der Waals surface area (Å²) in [4.78, 5) is 10.3. The SMILES string of the molecule is COC(C)C(C)Nc1cc([N+](=O)[O-])ccc1Br. The van der Waals surface area contributed by atoms with Crippen molar-refractivity contribution in [2.75, 3.05) is 12.4 Å². The molecule has 1 rings (SSSR count). The third-order valence-electron chi connectivity index (χ3n) is 2.62. The number of hydrogen-bond acceptors (Lipinski definition) is 4. The van der Waals surface area contributed by atoms with Gasteiger partial charge in [0.1, 0.15) is 0 Å². The van der Waals surface area contributed by atoms with Crippen LogP contribution in [-0.4, -0.2) is 24.2 Å². The predicted octanol–water partition coefficient (Wildman–Crippen LogP) is 3.19. The lowest BCUT2D eigenvalue weighted by atomic mass is 10.2. The van der Waals surface area contributed by atoms with Crippen molar-refractivity contribution < 1.29 is 9.66 Å². The molecule has 17 heavy (non-hydrogen) atoms. The van der Waals surface area contributed by atoms with Crippen LogP contribution in [-0.2, 0) is 4.74 Å². The third-order valence-corrected chi connectivity index (χ3v) is 3.31. The van der Waals surface area contributed by atoms with Crippen molar-refractivity contribution in [3.63, 3.8) is 0 Å². The minimum atomic E-state index is -0.415. The van der Waals surface area contributed by atoms with Crippen LogP contribution in [0.4, 0.5) is 11.4 Å². The second kappa shape index (κ2) is 5.97. The van der Waals surface area contributed by atoms with Gasteiger partial charge in [-0.05, 0) is 35.8 Å². The normalized spacial score (nSPS) is 14.1. The van der Waals surface area contributed by atoms with E-state index in [1.807, 2.05) is 13.8 Å². The molecule has 0 bridgehead atoms. The molecule has 0 aliphatic rings. The Kier molecular flexibility index (Phi) is 4.89. The van der Waals surface area contributed by atoms with E-state index in [2.05, 4.69) is 21.2 Å². The Morgan fingerprint density at radius 1 is 1.47 bits per heavy atom. The molecular weight excluding hydrogens is 288 g/mol. The van der Waals surface area contributed by atoms with Crippen molar-refractivity contribution in [1.29, 1.82) is 0 Å². The molecule has 0 radical (unpaired) electrons. The summed E-state index contributed by atoms with van der Waals surface area (Å²) in [5.74, 6) is 0. The van der Waals surface area contributed by atoms with Crippen molar-refractivity contribution >= 4 is 27.3 Å². The standard InChI is InChI=1S/C11H15BrN2O3/c1-7(8(2)17-3)13-11-6-9(14(15)16)4-5-10(11)12/h4-8,13H,1-3H3. The highest BCUT2D eigenvalue weighted by molar-refractivity contribution is 9.10. The summed E-state index contributed by atoms with van der Waals surface area (Å²) < 4.78 is 5.98. The zero-order chi connectivity index (χ0) is 13.0. The number of ether oxygens (including phenoxy) is 1. The third kappa shape index (κ3) is 3.67. The Hall–Kier alpha value is -1.14. The lowest BCUT2D eigenvalue weighted by Gasteiger charge is -2.21. The van der Waals surface area contributed by atoms with Gasteiger partial charge in [0.25, 0.3) is 5.69 Å². The van der Waals surface area contributed by atoms with Gasteiger partial charge >= 0.3 is 0 Å². The van der Waals surface area contributed by atoms with Gasteiger partial charge in [-0.3, -0.25) is 10.1 Å². The van der Waals surface area contributed by atoms with E-state index in [-0.39, 0.29) is 17.8 Å². The number of nitrogens with one attached hydrogen (secondary N) is 1. The molecule has 6 heteroatoms. The van der Waals surface area contributed by atoms with Gasteiger partial charge in [-0.1, -0.05) is 0 Å². The zero-order valence-corrected chi connectivity index (χ0v) is 11.5.